The van der Waals surface area contributed by atoms with Gasteiger partial charge in [0.25, 0.3) is 5.69 Å². The highest BCUT2D eigenvalue weighted by Gasteiger charge is 2.59. The standard InChI is InChI=1S/C22H19N3O4/c1-12-3-2-4-15(9-12)23-17-8-7-16(11-18(17)25(28)29)24-21(26)19-13-5-6-14(10-13)20(19)22(24)27/h2-9,11,13-14,19-20,23H,10H2,1H3. The molecule has 4 unspecified atom stereocenters. The van der Waals surface area contributed by atoms with Gasteiger partial charge in [-0.1, -0.05) is 24.3 Å². The number of hydrogen-bond donors (Lipinski definition) is 1. The van der Waals surface area contributed by atoms with Gasteiger partial charge in [0.15, 0.2) is 0 Å². The molecule has 2 amide bonds. The average molecular weight is 389 g/mol. The van der Waals surface area contributed by atoms with Crippen molar-refractivity contribution < 1.29 is 14.5 Å². The van der Waals surface area contributed by atoms with Crippen molar-refractivity contribution in [2.45, 2.75) is 13.3 Å². The van der Waals surface area contributed by atoms with Gasteiger partial charge in [-0.15, -0.1) is 0 Å². The SMILES string of the molecule is Cc1cccc(Nc2ccc(N3C(=O)C4C5C=CC(C5)C4C3=O)cc2[N+](=O)[O-])c1. The number of allylic oxidation sites excluding steroid dienone is 2. The van der Waals surface area contributed by atoms with E-state index in [9.17, 15) is 19.7 Å². The number of rotatable bonds is 4. The van der Waals surface area contributed by atoms with Gasteiger partial charge in [-0.05, 0) is 55.0 Å². The molecule has 2 fully saturated rings. The molecule has 0 spiro atoms. The second kappa shape index (κ2) is 6.27. The third kappa shape index (κ3) is 2.65. The first-order valence-electron chi connectivity index (χ1n) is 9.62. The summed E-state index contributed by atoms with van der Waals surface area (Å²) in [6, 6.07) is 12.0. The minimum atomic E-state index is -0.501. The third-order valence-corrected chi connectivity index (χ3v) is 6.20. The van der Waals surface area contributed by atoms with Crippen LogP contribution < -0.4 is 10.2 Å². The van der Waals surface area contributed by atoms with E-state index in [1.165, 1.54) is 6.07 Å². The predicted octanol–water partition coefficient (Wildman–Crippen LogP) is 3.96. The van der Waals surface area contributed by atoms with E-state index in [1.54, 1.807) is 12.1 Å². The highest BCUT2D eigenvalue weighted by Crippen LogP contribution is 2.53. The van der Waals surface area contributed by atoms with E-state index in [0.717, 1.165) is 22.6 Å². The van der Waals surface area contributed by atoms with Gasteiger partial charge in [0.2, 0.25) is 11.8 Å². The van der Waals surface area contributed by atoms with Gasteiger partial charge in [-0.2, -0.15) is 0 Å². The molecule has 1 saturated heterocycles. The van der Waals surface area contributed by atoms with Crippen molar-refractivity contribution >= 4 is 34.6 Å². The van der Waals surface area contributed by atoms with Crippen LogP contribution in [0.1, 0.15) is 12.0 Å². The second-order valence-electron chi connectivity index (χ2n) is 7.96. The summed E-state index contributed by atoms with van der Waals surface area (Å²) < 4.78 is 0. The fourth-order valence-corrected chi connectivity index (χ4v) is 4.95. The van der Waals surface area contributed by atoms with Gasteiger partial charge in [0.05, 0.1) is 22.4 Å². The summed E-state index contributed by atoms with van der Waals surface area (Å²) in [5.41, 5.74) is 2.15. The Morgan fingerprint density at radius 3 is 2.34 bits per heavy atom. The molecular weight excluding hydrogens is 370 g/mol. The number of hydrogen-bond acceptors (Lipinski definition) is 5. The van der Waals surface area contributed by atoms with Gasteiger partial charge in [0, 0.05) is 11.8 Å². The number of imide groups is 1. The maximum absolute atomic E-state index is 13.0. The van der Waals surface area contributed by atoms with Gasteiger partial charge < -0.3 is 5.32 Å². The third-order valence-electron chi connectivity index (χ3n) is 6.20. The summed E-state index contributed by atoms with van der Waals surface area (Å²) in [6.45, 7) is 1.94. The number of carbonyl (C=O) groups is 2. The molecule has 2 bridgehead atoms. The van der Waals surface area contributed by atoms with Crippen LogP contribution in [0.15, 0.2) is 54.6 Å². The van der Waals surface area contributed by atoms with E-state index >= 15 is 0 Å². The number of aryl methyl sites for hydroxylation is 1. The summed E-state index contributed by atoms with van der Waals surface area (Å²) in [4.78, 5) is 38.3. The molecular formula is C22H19N3O4. The molecule has 0 aromatic heterocycles. The smallest absolute Gasteiger partial charge is 0.294 e. The van der Waals surface area contributed by atoms with Crippen LogP contribution in [0.5, 0.6) is 0 Å². The van der Waals surface area contributed by atoms with Crippen LogP contribution in [-0.4, -0.2) is 16.7 Å². The summed E-state index contributed by atoms with van der Waals surface area (Å²) in [5.74, 6) is -0.952. The van der Waals surface area contributed by atoms with Crippen LogP contribution in [0.4, 0.5) is 22.7 Å². The average Bonchev–Trinajstić information content (AvgIpc) is 3.36. The number of benzene rings is 2. The Hall–Kier alpha value is -3.48. The lowest BCUT2D eigenvalue weighted by atomic mass is 9.85. The molecule has 146 valence electrons. The Morgan fingerprint density at radius 1 is 1.03 bits per heavy atom. The Balaban J connectivity index is 1.49. The molecule has 1 heterocycles. The van der Waals surface area contributed by atoms with E-state index < -0.39 is 4.92 Å². The molecule has 7 nitrogen and oxygen atoms in total. The van der Waals surface area contributed by atoms with Crippen molar-refractivity contribution in [3.05, 3.63) is 70.3 Å². The number of nitrogens with zero attached hydrogens (tertiary/aromatic N) is 2. The number of fused-ring (bicyclic) bond motifs is 5. The summed E-state index contributed by atoms with van der Waals surface area (Å²) in [7, 11) is 0. The highest BCUT2D eigenvalue weighted by atomic mass is 16.6. The largest absolute Gasteiger partial charge is 0.350 e. The lowest BCUT2D eigenvalue weighted by Gasteiger charge is -2.18. The number of nitro benzene ring substituents is 1. The topological polar surface area (TPSA) is 92.6 Å². The van der Waals surface area contributed by atoms with Crippen LogP contribution in [-0.2, 0) is 9.59 Å². The molecule has 0 radical (unpaired) electrons. The number of nitrogens with one attached hydrogen (secondary N) is 1. The fraction of sp³-hybridized carbons (Fsp3) is 0.273. The minimum absolute atomic E-state index is 0.101. The second-order valence-corrected chi connectivity index (χ2v) is 7.96. The van der Waals surface area contributed by atoms with E-state index in [-0.39, 0.29) is 46.9 Å². The molecule has 3 aliphatic rings. The zero-order valence-corrected chi connectivity index (χ0v) is 15.7. The predicted molar refractivity (Wildman–Crippen MR) is 108 cm³/mol. The number of amides is 2. The lowest BCUT2D eigenvalue weighted by molar-refractivity contribution is -0.383. The van der Waals surface area contributed by atoms with Gasteiger partial charge in [0.1, 0.15) is 5.69 Å². The van der Waals surface area contributed by atoms with Crippen LogP contribution in [0.3, 0.4) is 0 Å². The van der Waals surface area contributed by atoms with Crippen molar-refractivity contribution in [2.24, 2.45) is 23.7 Å². The fourth-order valence-electron chi connectivity index (χ4n) is 4.95. The molecule has 7 heteroatoms. The lowest BCUT2D eigenvalue weighted by Crippen LogP contribution is -2.32. The zero-order valence-electron chi connectivity index (χ0n) is 15.7. The number of carbonyl (C=O) groups excluding carboxylic acids is 2. The van der Waals surface area contributed by atoms with Crippen molar-refractivity contribution in [3.63, 3.8) is 0 Å². The van der Waals surface area contributed by atoms with Crippen molar-refractivity contribution in [2.75, 3.05) is 10.2 Å². The van der Waals surface area contributed by atoms with E-state index in [0.29, 0.717) is 5.69 Å². The van der Waals surface area contributed by atoms with Gasteiger partial charge >= 0.3 is 0 Å². The monoisotopic (exact) mass is 389 g/mol. The first-order valence-corrected chi connectivity index (χ1v) is 9.62. The molecule has 2 aromatic carbocycles. The Morgan fingerprint density at radius 2 is 1.72 bits per heavy atom. The summed E-state index contributed by atoms with van der Waals surface area (Å²) in [5, 5.41) is 14.7. The number of nitro groups is 1. The molecule has 1 saturated carbocycles. The first kappa shape index (κ1) is 17.6. The van der Waals surface area contributed by atoms with Crippen LogP contribution in [0, 0.1) is 40.7 Å². The van der Waals surface area contributed by atoms with Crippen molar-refractivity contribution in [1.29, 1.82) is 0 Å². The Bertz CT molecular complexity index is 1060. The highest BCUT2D eigenvalue weighted by molar-refractivity contribution is 6.23. The minimum Gasteiger partial charge on any atom is -0.350 e. The Kier molecular flexibility index (Phi) is 3.81. The van der Waals surface area contributed by atoms with Crippen molar-refractivity contribution in [1.82, 2.24) is 0 Å². The van der Waals surface area contributed by atoms with Crippen LogP contribution in [0.25, 0.3) is 0 Å². The molecule has 4 atom stereocenters. The Labute approximate surface area is 167 Å². The first-order chi connectivity index (χ1) is 13.9. The van der Waals surface area contributed by atoms with Crippen molar-refractivity contribution in [3.8, 4) is 0 Å². The number of anilines is 3. The van der Waals surface area contributed by atoms with Crippen LogP contribution >= 0.6 is 0 Å². The maximum atomic E-state index is 13.0. The quantitative estimate of drug-likeness (QED) is 0.370. The molecule has 2 aromatic rings. The summed E-state index contributed by atoms with van der Waals surface area (Å²) >= 11 is 0. The van der Waals surface area contributed by atoms with E-state index in [2.05, 4.69) is 5.32 Å². The molecule has 1 N–H and O–H groups in total. The molecule has 29 heavy (non-hydrogen) atoms. The van der Waals surface area contributed by atoms with Gasteiger partial charge in [-0.25, -0.2) is 4.90 Å². The molecule has 1 aliphatic heterocycles. The summed E-state index contributed by atoms with van der Waals surface area (Å²) in [6.07, 6.45) is 4.90. The zero-order chi connectivity index (χ0) is 20.3. The normalized spacial score (nSPS) is 26.9. The molecule has 2 aliphatic carbocycles. The maximum Gasteiger partial charge on any atom is 0.294 e. The molecule has 5 rings (SSSR count). The van der Waals surface area contributed by atoms with E-state index in [4.69, 9.17) is 0 Å². The van der Waals surface area contributed by atoms with Crippen LogP contribution in [0.2, 0.25) is 0 Å². The van der Waals surface area contributed by atoms with Gasteiger partial charge in [-0.3, -0.25) is 19.7 Å². The van der Waals surface area contributed by atoms with E-state index in [1.807, 2.05) is 43.3 Å².